The Hall–Kier alpha value is -3.54. The smallest absolute Gasteiger partial charge is 0.407 e. The van der Waals surface area contributed by atoms with E-state index in [-0.39, 0.29) is 18.7 Å². The minimum Gasteiger partial charge on any atom is -0.462 e. The van der Waals surface area contributed by atoms with Crippen molar-refractivity contribution in [1.82, 2.24) is 10.6 Å². The van der Waals surface area contributed by atoms with Crippen molar-refractivity contribution in [1.29, 1.82) is 5.26 Å². The third-order valence-corrected chi connectivity index (χ3v) is 3.20. The van der Waals surface area contributed by atoms with Crippen LogP contribution in [0, 0.1) is 11.3 Å². The molecule has 0 aromatic heterocycles. The van der Waals surface area contributed by atoms with E-state index in [0.29, 0.717) is 17.8 Å². The van der Waals surface area contributed by atoms with Gasteiger partial charge < -0.3 is 25.4 Å². The molecule has 0 aliphatic rings. The largest absolute Gasteiger partial charge is 0.462 e. The normalized spacial score (nSPS) is 11.1. The molecule has 0 fully saturated rings. The highest BCUT2D eigenvalue weighted by Crippen LogP contribution is 2.12. The van der Waals surface area contributed by atoms with Crippen molar-refractivity contribution >= 4 is 23.7 Å². The first kappa shape index (κ1) is 23.5. The summed E-state index contributed by atoms with van der Waals surface area (Å²) in [6.45, 7) is 7.81. The molecule has 3 N–H and O–H groups in total. The first-order valence-electron chi connectivity index (χ1n) is 9.05. The van der Waals surface area contributed by atoms with Crippen LogP contribution in [0.15, 0.2) is 36.0 Å². The minimum absolute atomic E-state index is 0.142. The fourth-order valence-corrected chi connectivity index (χ4v) is 1.98. The highest BCUT2D eigenvalue weighted by atomic mass is 16.6. The van der Waals surface area contributed by atoms with Crippen LogP contribution in [0.2, 0.25) is 0 Å². The Morgan fingerprint density at radius 1 is 1.14 bits per heavy atom. The van der Waals surface area contributed by atoms with Gasteiger partial charge in [0, 0.05) is 25.0 Å². The number of nitrogens with zero attached hydrogens (tertiary/aromatic N) is 1. The molecule has 9 heteroatoms. The van der Waals surface area contributed by atoms with Crippen molar-refractivity contribution in [3.05, 3.63) is 41.6 Å². The molecule has 2 amide bonds. The van der Waals surface area contributed by atoms with Crippen LogP contribution in [0.3, 0.4) is 0 Å². The number of amides is 2. The number of alkyl carbamates (subject to hydrolysis) is 1. The Bertz CT molecular complexity index is 789. The first-order valence-corrected chi connectivity index (χ1v) is 9.05. The number of nitriles is 1. The fraction of sp³-hybridized carbons (Fsp3) is 0.400. The summed E-state index contributed by atoms with van der Waals surface area (Å²) < 4.78 is 9.98. The van der Waals surface area contributed by atoms with Crippen LogP contribution >= 0.6 is 0 Å². The SMILES string of the molecule is CCOC(=O)c1ccc(NC(=O)/C(C#N)=C\NCCNC(=O)OC(C)(C)C)cc1. The van der Waals surface area contributed by atoms with Crippen molar-refractivity contribution in [3.63, 3.8) is 0 Å². The Morgan fingerprint density at radius 3 is 2.34 bits per heavy atom. The maximum absolute atomic E-state index is 12.2. The molecule has 9 nitrogen and oxygen atoms in total. The lowest BCUT2D eigenvalue weighted by Crippen LogP contribution is -2.35. The molecule has 156 valence electrons. The number of hydrogen-bond donors (Lipinski definition) is 3. The standard InChI is InChI=1S/C20H26N4O5/c1-5-28-18(26)14-6-8-16(9-7-14)24-17(25)15(12-21)13-22-10-11-23-19(27)29-20(2,3)4/h6-9,13,22H,5,10-11H2,1-4H3,(H,23,27)(H,24,25)/b15-13-. The summed E-state index contributed by atoms with van der Waals surface area (Å²) in [5.41, 5.74) is 0.0606. The molecular weight excluding hydrogens is 376 g/mol. The summed E-state index contributed by atoms with van der Waals surface area (Å²) in [5, 5.41) is 17.0. The van der Waals surface area contributed by atoms with Gasteiger partial charge in [-0.25, -0.2) is 9.59 Å². The Kier molecular flexibility index (Phi) is 9.19. The number of benzene rings is 1. The van der Waals surface area contributed by atoms with Gasteiger partial charge in [0.25, 0.3) is 5.91 Å². The third-order valence-electron chi connectivity index (χ3n) is 3.20. The number of hydrogen-bond acceptors (Lipinski definition) is 7. The lowest BCUT2D eigenvalue weighted by atomic mass is 10.2. The maximum Gasteiger partial charge on any atom is 0.407 e. The highest BCUT2D eigenvalue weighted by molar-refractivity contribution is 6.06. The molecule has 1 aromatic rings. The van der Waals surface area contributed by atoms with Gasteiger partial charge in [0.05, 0.1) is 12.2 Å². The van der Waals surface area contributed by atoms with E-state index in [1.165, 1.54) is 30.5 Å². The van der Waals surface area contributed by atoms with E-state index < -0.39 is 23.6 Å². The number of esters is 1. The average Bonchev–Trinajstić information content (AvgIpc) is 2.64. The molecule has 0 heterocycles. The van der Waals surface area contributed by atoms with Gasteiger partial charge in [-0.15, -0.1) is 0 Å². The van der Waals surface area contributed by atoms with E-state index in [1.807, 2.05) is 0 Å². The fourth-order valence-electron chi connectivity index (χ4n) is 1.98. The molecule has 1 aromatic carbocycles. The van der Waals surface area contributed by atoms with E-state index in [0.717, 1.165) is 0 Å². The Labute approximate surface area is 170 Å². The van der Waals surface area contributed by atoms with Gasteiger partial charge >= 0.3 is 12.1 Å². The molecule has 0 bridgehead atoms. The molecule has 1 rings (SSSR count). The predicted octanol–water partition coefficient (Wildman–Crippen LogP) is 2.32. The summed E-state index contributed by atoms with van der Waals surface area (Å²) in [6.07, 6.45) is 0.715. The van der Waals surface area contributed by atoms with Gasteiger partial charge in [-0.1, -0.05) is 0 Å². The van der Waals surface area contributed by atoms with Gasteiger partial charge in [-0.05, 0) is 52.0 Å². The molecular formula is C20H26N4O5. The van der Waals surface area contributed by atoms with Crippen molar-refractivity contribution in [2.24, 2.45) is 0 Å². The van der Waals surface area contributed by atoms with E-state index in [9.17, 15) is 14.4 Å². The van der Waals surface area contributed by atoms with Gasteiger partial charge in [-0.3, -0.25) is 4.79 Å². The van der Waals surface area contributed by atoms with Crippen molar-refractivity contribution in [3.8, 4) is 6.07 Å². The van der Waals surface area contributed by atoms with Gasteiger partial charge in [-0.2, -0.15) is 5.26 Å². The van der Waals surface area contributed by atoms with E-state index in [1.54, 1.807) is 33.8 Å². The zero-order chi connectivity index (χ0) is 21.9. The summed E-state index contributed by atoms with van der Waals surface area (Å²) in [6, 6.07) is 7.91. The maximum atomic E-state index is 12.2. The zero-order valence-electron chi connectivity index (χ0n) is 17.0. The summed E-state index contributed by atoms with van der Waals surface area (Å²) >= 11 is 0. The highest BCUT2D eigenvalue weighted by Gasteiger charge is 2.15. The van der Waals surface area contributed by atoms with Gasteiger partial charge in [0.15, 0.2) is 0 Å². The van der Waals surface area contributed by atoms with Gasteiger partial charge in [0.2, 0.25) is 0 Å². The molecule has 0 radical (unpaired) electrons. The number of carbonyl (C=O) groups is 3. The molecule has 0 saturated heterocycles. The van der Waals surface area contributed by atoms with Crippen LogP contribution < -0.4 is 16.0 Å². The zero-order valence-corrected chi connectivity index (χ0v) is 17.0. The van der Waals surface area contributed by atoms with Crippen LogP contribution in [-0.2, 0) is 14.3 Å². The number of ether oxygens (including phenoxy) is 2. The average molecular weight is 402 g/mol. The van der Waals surface area contributed by atoms with E-state index in [4.69, 9.17) is 14.7 Å². The van der Waals surface area contributed by atoms with Crippen molar-refractivity contribution < 1.29 is 23.9 Å². The second kappa shape index (κ2) is 11.3. The Morgan fingerprint density at radius 2 is 1.79 bits per heavy atom. The van der Waals surface area contributed by atoms with Crippen LogP contribution in [0.4, 0.5) is 10.5 Å². The van der Waals surface area contributed by atoms with Crippen molar-refractivity contribution in [2.75, 3.05) is 25.0 Å². The molecule has 0 saturated carbocycles. The molecule has 0 atom stereocenters. The summed E-state index contributed by atoms with van der Waals surface area (Å²) in [5.74, 6) is -1.06. The summed E-state index contributed by atoms with van der Waals surface area (Å²) in [7, 11) is 0. The van der Waals surface area contributed by atoms with Crippen LogP contribution in [0.1, 0.15) is 38.1 Å². The minimum atomic E-state index is -0.607. The van der Waals surface area contributed by atoms with Crippen LogP contribution in [0.5, 0.6) is 0 Å². The number of carbonyl (C=O) groups excluding carboxylic acids is 3. The third kappa shape index (κ3) is 9.28. The van der Waals surface area contributed by atoms with Crippen LogP contribution in [-0.4, -0.2) is 43.3 Å². The first-order chi connectivity index (χ1) is 13.7. The molecule has 0 aliphatic heterocycles. The number of rotatable bonds is 8. The topological polar surface area (TPSA) is 130 Å². The summed E-state index contributed by atoms with van der Waals surface area (Å²) in [4.78, 5) is 35.3. The predicted molar refractivity (Wildman–Crippen MR) is 107 cm³/mol. The number of nitrogens with one attached hydrogen (secondary N) is 3. The van der Waals surface area contributed by atoms with Crippen molar-refractivity contribution in [2.45, 2.75) is 33.3 Å². The molecule has 0 aliphatic carbocycles. The van der Waals surface area contributed by atoms with E-state index >= 15 is 0 Å². The van der Waals surface area contributed by atoms with Gasteiger partial charge in [0.1, 0.15) is 17.2 Å². The monoisotopic (exact) mass is 402 g/mol. The van der Waals surface area contributed by atoms with Crippen LogP contribution in [0.25, 0.3) is 0 Å². The second-order valence-corrected chi connectivity index (χ2v) is 6.80. The molecule has 0 unspecified atom stereocenters. The lowest BCUT2D eigenvalue weighted by molar-refractivity contribution is -0.112. The quantitative estimate of drug-likeness (QED) is 0.263. The Balaban J connectivity index is 2.50. The molecule has 29 heavy (non-hydrogen) atoms. The van der Waals surface area contributed by atoms with E-state index in [2.05, 4.69) is 16.0 Å². The molecule has 0 spiro atoms. The number of anilines is 1. The lowest BCUT2D eigenvalue weighted by Gasteiger charge is -2.19. The second-order valence-electron chi connectivity index (χ2n) is 6.80.